The van der Waals surface area contributed by atoms with Gasteiger partial charge in [-0.05, 0) is 38.1 Å². The highest BCUT2D eigenvalue weighted by molar-refractivity contribution is 6.30. The Kier molecular flexibility index (Phi) is 3.63. The predicted molar refractivity (Wildman–Crippen MR) is 91.3 cm³/mol. The van der Waals surface area contributed by atoms with Crippen LogP contribution in [0.3, 0.4) is 0 Å². The van der Waals surface area contributed by atoms with Gasteiger partial charge in [-0.25, -0.2) is 14.6 Å². The van der Waals surface area contributed by atoms with Gasteiger partial charge in [-0.2, -0.15) is 5.10 Å². The van der Waals surface area contributed by atoms with Crippen molar-refractivity contribution in [2.45, 2.75) is 18.9 Å². The molecular weight excluding hydrogens is 312 g/mol. The van der Waals surface area contributed by atoms with Crippen LogP contribution in [0.4, 0.5) is 5.82 Å². The lowest BCUT2D eigenvalue weighted by atomic mass is 10.1. The summed E-state index contributed by atoms with van der Waals surface area (Å²) < 4.78 is 2.01. The van der Waals surface area contributed by atoms with E-state index in [0.29, 0.717) is 16.9 Å². The van der Waals surface area contributed by atoms with E-state index in [1.54, 1.807) is 0 Å². The lowest BCUT2D eigenvalue weighted by Gasteiger charge is -2.23. The van der Waals surface area contributed by atoms with Crippen molar-refractivity contribution in [1.29, 1.82) is 0 Å². The Hall–Kier alpha value is -2.18. The Bertz CT molecular complexity index is 836. The number of aromatic nitrogens is 4. The van der Waals surface area contributed by atoms with Crippen molar-refractivity contribution in [3.8, 4) is 11.3 Å². The van der Waals surface area contributed by atoms with Crippen molar-refractivity contribution in [1.82, 2.24) is 25.1 Å². The van der Waals surface area contributed by atoms with Gasteiger partial charge < -0.3 is 11.1 Å². The molecule has 0 bridgehead atoms. The van der Waals surface area contributed by atoms with Gasteiger partial charge in [-0.15, -0.1) is 0 Å². The lowest BCUT2D eigenvalue weighted by Crippen LogP contribution is -2.30. The first-order valence-corrected chi connectivity index (χ1v) is 8.07. The molecular formula is C16H17ClN6. The molecule has 0 unspecified atom stereocenters. The number of nitrogen functional groups attached to an aromatic ring is 1. The summed E-state index contributed by atoms with van der Waals surface area (Å²) in [5, 5.41) is 9.72. The zero-order valence-electron chi connectivity index (χ0n) is 12.5. The first-order valence-electron chi connectivity index (χ1n) is 7.69. The van der Waals surface area contributed by atoms with Gasteiger partial charge in [0, 0.05) is 10.6 Å². The molecule has 0 spiro atoms. The summed E-state index contributed by atoms with van der Waals surface area (Å²) in [5.74, 6) is 0.458. The van der Waals surface area contributed by atoms with Crippen molar-refractivity contribution in [2.75, 3.05) is 18.8 Å². The summed E-state index contributed by atoms with van der Waals surface area (Å²) in [6.07, 6.45) is 3.56. The summed E-state index contributed by atoms with van der Waals surface area (Å²) in [4.78, 5) is 8.59. The molecule has 1 aliphatic heterocycles. The van der Waals surface area contributed by atoms with E-state index in [0.717, 1.165) is 48.2 Å². The molecule has 4 rings (SSSR count). The fraction of sp³-hybridized carbons (Fsp3) is 0.312. The van der Waals surface area contributed by atoms with E-state index in [4.69, 9.17) is 22.4 Å². The van der Waals surface area contributed by atoms with Crippen LogP contribution in [-0.4, -0.2) is 32.8 Å². The number of fused-ring (bicyclic) bond motifs is 1. The highest BCUT2D eigenvalue weighted by atomic mass is 35.5. The van der Waals surface area contributed by atoms with Gasteiger partial charge in [0.2, 0.25) is 0 Å². The Morgan fingerprint density at radius 3 is 2.61 bits per heavy atom. The second-order valence-electron chi connectivity index (χ2n) is 5.74. The van der Waals surface area contributed by atoms with Gasteiger partial charge in [0.05, 0.1) is 11.4 Å². The molecule has 118 valence electrons. The zero-order valence-corrected chi connectivity index (χ0v) is 13.3. The number of nitrogens with two attached hydrogens (primary N) is 1. The standard InChI is InChI=1S/C16H17ClN6/c17-11-3-1-10(2-4-11)14-13-15(18)20-9-21-16(13)23(22-14)12-5-7-19-8-6-12/h1-4,9,12,19H,5-8H2,(H2,18,20,21). The van der Waals surface area contributed by atoms with Gasteiger partial charge >= 0.3 is 0 Å². The third kappa shape index (κ3) is 2.54. The molecule has 0 amide bonds. The molecule has 2 aromatic heterocycles. The molecule has 0 saturated carbocycles. The quantitative estimate of drug-likeness (QED) is 0.755. The van der Waals surface area contributed by atoms with Gasteiger partial charge in [-0.1, -0.05) is 23.7 Å². The maximum atomic E-state index is 6.12. The normalized spacial score (nSPS) is 16.0. The molecule has 0 aliphatic carbocycles. The number of nitrogens with zero attached hydrogens (tertiary/aromatic N) is 4. The maximum absolute atomic E-state index is 6.12. The maximum Gasteiger partial charge on any atom is 0.164 e. The highest BCUT2D eigenvalue weighted by Gasteiger charge is 2.23. The van der Waals surface area contributed by atoms with E-state index in [-0.39, 0.29) is 0 Å². The number of benzene rings is 1. The van der Waals surface area contributed by atoms with Gasteiger partial charge in [0.1, 0.15) is 17.8 Å². The van der Waals surface area contributed by atoms with E-state index < -0.39 is 0 Å². The van der Waals surface area contributed by atoms with E-state index in [2.05, 4.69) is 15.3 Å². The fourth-order valence-corrected chi connectivity index (χ4v) is 3.24. The minimum absolute atomic E-state index is 0.328. The second-order valence-corrected chi connectivity index (χ2v) is 6.18. The van der Waals surface area contributed by atoms with E-state index in [1.807, 2.05) is 28.9 Å². The summed E-state index contributed by atoms with van der Waals surface area (Å²) in [5.41, 5.74) is 8.70. The molecule has 7 heteroatoms. The molecule has 0 atom stereocenters. The number of halogens is 1. The third-order valence-corrected chi connectivity index (χ3v) is 4.54. The second kappa shape index (κ2) is 5.79. The number of hydrogen-bond acceptors (Lipinski definition) is 5. The monoisotopic (exact) mass is 328 g/mol. The van der Waals surface area contributed by atoms with Crippen molar-refractivity contribution in [2.24, 2.45) is 0 Å². The topological polar surface area (TPSA) is 81.7 Å². The largest absolute Gasteiger partial charge is 0.383 e. The smallest absolute Gasteiger partial charge is 0.164 e. The SMILES string of the molecule is Nc1ncnc2c1c(-c1ccc(Cl)cc1)nn2C1CCNCC1. The van der Waals surface area contributed by atoms with Crippen LogP contribution in [0.2, 0.25) is 5.02 Å². The number of hydrogen-bond donors (Lipinski definition) is 2. The first kappa shape index (κ1) is 14.4. The van der Waals surface area contributed by atoms with Crippen LogP contribution in [0.25, 0.3) is 22.3 Å². The number of piperidine rings is 1. The van der Waals surface area contributed by atoms with Gasteiger partial charge in [0.25, 0.3) is 0 Å². The van der Waals surface area contributed by atoms with Crippen molar-refractivity contribution in [3.63, 3.8) is 0 Å². The first-order chi connectivity index (χ1) is 11.2. The Morgan fingerprint density at radius 1 is 1.13 bits per heavy atom. The lowest BCUT2D eigenvalue weighted by molar-refractivity contribution is 0.350. The van der Waals surface area contributed by atoms with Crippen LogP contribution in [0.15, 0.2) is 30.6 Å². The molecule has 1 fully saturated rings. The molecule has 23 heavy (non-hydrogen) atoms. The molecule has 1 aliphatic rings. The summed E-state index contributed by atoms with van der Waals surface area (Å²) in [6.45, 7) is 1.98. The van der Waals surface area contributed by atoms with Crippen molar-refractivity contribution in [3.05, 3.63) is 35.6 Å². The summed E-state index contributed by atoms with van der Waals surface area (Å²) in [6, 6.07) is 7.93. The third-order valence-electron chi connectivity index (χ3n) is 4.29. The molecule has 3 N–H and O–H groups in total. The Balaban J connectivity index is 1.91. The molecule has 1 aromatic carbocycles. The van der Waals surface area contributed by atoms with Crippen LogP contribution in [0.1, 0.15) is 18.9 Å². The van der Waals surface area contributed by atoms with Crippen LogP contribution < -0.4 is 11.1 Å². The highest BCUT2D eigenvalue weighted by Crippen LogP contribution is 2.33. The van der Waals surface area contributed by atoms with Crippen LogP contribution >= 0.6 is 11.6 Å². The van der Waals surface area contributed by atoms with Gasteiger partial charge in [-0.3, -0.25) is 0 Å². The molecule has 6 nitrogen and oxygen atoms in total. The number of anilines is 1. The molecule has 0 radical (unpaired) electrons. The van der Waals surface area contributed by atoms with E-state index >= 15 is 0 Å². The van der Waals surface area contributed by atoms with Crippen LogP contribution in [0, 0.1) is 0 Å². The number of rotatable bonds is 2. The Morgan fingerprint density at radius 2 is 1.87 bits per heavy atom. The van der Waals surface area contributed by atoms with Crippen LogP contribution in [-0.2, 0) is 0 Å². The Labute approximate surface area is 138 Å². The molecule has 3 aromatic rings. The number of nitrogens with one attached hydrogen (secondary N) is 1. The van der Waals surface area contributed by atoms with E-state index in [9.17, 15) is 0 Å². The average Bonchev–Trinajstić information content (AvgIpc) is 2.97. The average molecular weight is 329 g/mol. The van der Waals surface area contributed by atoms with E-state index in [1.165, 1.54) is 6.33 Å². The zero-order chi connectivity index (χ0) is 15.8. The molecule has 3 heterocycles. The predicted octanol–water partition coefficient (Wildman–Crippen LogP) is 2.65. The van der Waals surface area contributed by atoms with Crippen molar-refractivity contribution >= 4 is 28.5 Å². The van der Waals surface area contributed by atoms with Crippen LogP contribution in [0.5, 0.6) is 0 Å². The fourth-order valence-electron chi connectivity index (χ4n) is 3.11. The van der Waals surface area contributed by atoms with Gasteiger partial charge in [0.15, 0.2) is 5.65 Å². The summed E-state index contributed by atoms with van der Waals surface area (Å²) >= 11 is 5.99. The van der Waals surface area contributed by atoms with Crippen molar-refractivity contribution < 1.29 is 0 Å². The molecule has 1 saturated heterocycles. The minimum atomic E-state index is 0.328. The minimum Gasteiger partial charge on any atom is -0.383 e. The summed E-state index contributed by atoms with van der Waals surface area (Å²) in [7, 11) is 0.